The van der Waals surface area contributed by atoms with Gasteiger partial charge in [-0.3, -0.25) is 13.8 Å². The number of aliphatic hydroxyl groups excluding tert-OH is 1. The van der Waals surface area contributed by atoms with E-state index in [4.69, 9.17) is 18.5 Å². The molecule has 2 N–H and O–H groups in total. The highest BCUT2D eigenvalue weighted by Gasteiger charge is 2.26. The van der Waals surface area contributed by atoms with Crippen LogP contribution >= 0.6 is 7.82 Å². The first-order valence-electron chi connectivity index (χ1n) is 20.8. The Morgan fingerprint density at radius 3 is 1.83 bits per heavy atom. The fraction of sp³-hybridized carbons (Fsp3) is 0.705. The van der Waals surface area contributed by atoms with Gasteiger partial charge in [0, 0.05) is 6.42 Å². The molecule has 0 rings (SSSR count). The van der Waals surface area contributed by atoms with Crippen LogP contribution < -0.4 is 0 Å². The van der Waals surface area contributed by atoms with E-state index in [2.05, 4.69) is 49.5 Å². The van der Waals surface area contributed by atoms with Crippen LogP contribution in [-0.4, -0.2) is 80.2 Å². The van der Waals surface area contributed by atoms with Crippen LogP contribution in [-0.2, 0) is 27.9 Å². The van der Waals surface area contributed by atoms with Gasteiger partial charge < -0.3 is 24.0 Å². The highest BCUT2D eigenvalue weighted by molar-refractivity contribution is 7.47. The fourth-order valence-electron chi connectivity index (χ4n) is 5.09. The van der Waals surface area contributed by atoms with Crippen LogP contribution in [0.1, 0.15) is 142 Å². The van der Waals surface area contributed by atoms with Gasteiger partial charge in [-0.15, -0.1) is 0 Å². The first kappa shape index (κ1) is 51.7. The SMILES string of the molecule is CCCCCCCCCCCCCC/C=C/OC[C@H](COP(=O)(O)OCC[N+](C)(C)C)OC(=O)CCC/C=C\C/C=C\C/C=C\C/C=C\C=C\[C@H](O)CC. The molecule has 0 aliphatic carbocycles. The van der Waals surface area contributed by atoms with Crippen LogP contribution in [0, 0.1) is 0 Å². The number of quaternary nitrogens is 1. The molecule has 10 heteroatoms. The molecular weight excluding hydrogens is 701 g/mol. The third-order valence-corrected chi connectivity index (χ3v) is 9.49. The smallest absolute Gasteiger partial charge is 0.472 e. The van der Waals surface area contributed by atoms with Crippen LogP contribution in [0.5, 0.6) is 0 Å². The van der Waals surface area contributed by atoms with Gasteiger partial charge in [-0.1, -0.05) is 145 Å². The zero-order chi connectivity index (χ0) is 40.0. The molecule has 0 aromatic heterocycles. The molecular formula is C44H79NO8P+. The predicted molar refractivity (Wildman–Crippen MR) is 225 cm³/mol. The predicted octanol–water partition coefficient (Wildman–Crippen LogP) is 11.3. The Morgan fingerprint density at radius 1 is 0.685 bits per heavy atom. The lowest BCUT2D eigenvalue weighted by molar-refractivity contribution is -0.870. The van der Waals surface area contributed by atoms with Crippen molar-refractivity contribution in [2.24, 2.45) is 0 Å². The molecule has 312 valence electrons. The average molecular weight is 781 g/mol. The van der Waals surface area contributed by atoms with E-state index >= 15 is 0 Å². The van der Waals surface area contributed by atoms with E-state index in [9.17, 15) is 19.4 Å². The number of esters is 1. The molecule has 0 aromatic carbocycles. The molecule has 0 spiro atoms. The highest BCUT2D eigenvalue weighted by Crippen LogP contribution is 2.43. The Hall–Kier alpha value is -2.26. The topological polar surface area (TPSA) is 112 Å². The van der Waals surface area contributed by atoms with Crippen LogP contribution in [0.2, 0.25) is 0 Å². The minimum absolute atomic E-state index is 0.0130. The summed E-state index contributed by atoms with van der Waals surface area (Å²) < 4.78 is 34.6. The number of phosphoric acid groups is 1. The Morgan fingerprint density at radius 2 is 1.24 bits per heavy atom. The van der Waals surface area contributed by atoms with Crippen LogP contribution in [0.25, 0.3) is 0 Å². The maximum Gasteiger partial charge on any atom is 0.472 e. The fourth-order valence-corrected chi connectivity index (χ4v) is 5.83. The van der Waals surface area contributed by atoms with Crippen LogP contribution in [0.3, 0.4) is 0 Å². The number of ether oxygens (including phenoxy) is 2. The van der Waals surface area contributed by atoms with Crippen molar-refractivity contribution in [3.05, 3.63) is 73.1 Å². The number of hydrogen-bond acceptors (Lipinski definition) is 7. The van der Waals surface area contributed by atoms with Gasteiger partial charge in [0.2, 0.25) is 0 Å². The van der Waals surface area contributed by atoms with Crippen LogP contribution in [0.4, 0.5) is 0 Å². The summed E-state index contributed by atoms with van der Waals surface area (Å²) in [6, 6.07) is 0. The first-order chi connectivity index (χ1) is 26.0. The minimum Gasteiger partial charge on any atom is -0.498 e. The van der Waals surface area contributed by atoms with Gasteiger partial charge in [-0.05, 0) is 57.4 Å². The van der Waals surface area contributed by atoms with E-state index in [-0.39, 0.29) is 32.3 Å². The van der Waals surface area contributed by atoms with Gasteiger partial charge in [0.1, 0.15) is 19.8 Å². The molecule has 0 amide bonds. The van der Waals surface area contributed by atoms with E-state index < -0.39 is 19.9 Å². The zero-order valence-corrected chi connectivity index (χ0v) is 35.7. The number of nitrogens with zero attached hydrogens (tertiary/aromatic N) is 1. The van der Waals surface area contributed by atoms with E-state index in [1.807, 2.05) is 46.3 Å². The highest BCUT2D eigenvalue weighted by atomic mass is 31.2. The Kier molecular flexibility index (Phi) is 34.9. The molecule has 0 aliphatic rings. The standard InChI is InChI=1S/C44H78NO8P/c1-6-8-9-10-11-12-13-14-19-22-25-28-31-34-38-50-40-43(41-52-54(48,49)51-39-37-45(3,4)5)53-44(47)36-33-30-27-24-21-18-16-15-17-20-23-26-29-32-35-42(46)7-2/h16-18,20,24,26-27,29,32,34-35,38,42-43,46H,6-15,19,21-23,25,28,30-31,33,36-37,39-41H2,1-5H3/p+1/b18-16-,20-17-,27-24-,29-26-,35-32+,38-34+/t42-,43-/m1/s1. The zero-order valence-electron chi connectivity index (χ0n) is 34.8. The third-order valence-electron chi connectivity index (χ3n) is 8.50. The van der Waals surface area contributed by atoms with Crippen molar-refractivity contribution in [3.8, 4) is 0 Å². The van der Waals surface area contributed by atoms with Gasteiger partial charge >= 0.3 is 13.8 Å². The summed E-state index contributed by atoms with van der Waals surface area (Å²) >= 11 is 0. The van der Waals surface area contributed by atoms with Crippen molar-refractivity contribution in [2.75, 3.05) is 47.5 Å². The normalized spacial score (nSPS) is 15.1. The van der Waals surface area contributed by atoms with Crippen molar-refractivity contribution in [3.63, 3.8) is 0 Å². The number of aliphatic hydroxyl groups is 1. The average Bonchev–Trinajstić information content (AvgIpc) is 3.12. The van der Waals surface area contributed by atoms with E-state index in [0.717, 1.165) is 44.9 Å². The second-order valence-electron chi connectivity index (χ2n) is 14.9. The molecule has 1 unspecified atom stereocenters. The third kappa shape index (κ3) is 39.4. The molecule has 0 heterocycles. The lowest BCUT2D eigenvalue weighted by Crippen LogP contribution is -2.37. The lowest BCUT2D eigenvalue weighted by Gasteiger charge is -2.24. The summed E-state index contributed by atoms with van der Waals surface area (Å²) in [4.78, 5) is 22.8. The van der Waals surface area contributed by atoms with Crippen molar-refractivity contribution >= 4 is 13.8 Å². The van der Waals surface area contributed by atoms with Gasteiger partial charge in [-0.25, -0.2) is 4.57 Å². The van der Waals surface area contributed by atoms with Crippen molar-refractivity contribution in [1.29, 1.82) is 0 Å². The monoisotopic (exact) mass is 781 g/mol. The van der Waals surface area contributed by atoms with E-state index in [1.165, 1.54) is 70.6 Å². The Balaban J connectivity index is 4.46. The number of carbonyl (C=O) groups excluding carboxylic acids is 1. The van der Waals surface area contributed by atoms with E-state index in [0.29, 0.717) is 17.4 Å². The largest absolute Gasteiger partial charge is 0.498 e. The summed E-state index contributed by atoms with van der Waals surface area (Å²) in [5, 5.41) is 9.48. The van der Waals surface area contributed by atoms with Crippen molar-refractivity contribution < 1.29 is 42.4 Å². The number of rotatable bonds is 37. The second-order valence-corrected chi connectivity index (χ2v) is 16.4. The van der Waals surface area contributed by atoms with Crippen molar-refractivity contribution in [1.82, 2.24) is 0 Å². The molecule has 0 aromatic rings. The summed E-state index contributed by atoms with van der Waals surface area (Å²) in [6.45, 7) is 4.50. The molecule has 0 saturated carbocycles. The summed E-state index contributed by atoms with van der Waals surface area (Å²) in [6.07, 6.45) is 44.1. The minimum atomic E-state index is -4.31. The quantitative estimate of drug-likeness (QED) is 0.0122. The molecule has 54 heavy (non-hydrogen) atoms. The molecule has 0 aliphatic heterocycles. The molecule has 0 bridgehead atoms. The van der Waals surface area contributed by atoms with Crippen LogP contribution in [0.15, 0.2) is 73.1 Å². The first-order valence-corrected chi connectivity index (χ1v) is 22.3. The van der Waals surface area contributed by atoms with Gasteiger partial charge in [0.05, 0.1) is 40.1 Å². The molecule has 9 nitrogen and oxygen atoms in total. The molecule has 0 radical (unpaired) electrons. The Labute approximate surface area is 330 Å². The van der Waals surface area contributed by atoms with Gasteiger partial charge in [0.15, 0.2) is 6.10 Å². The number of likely N-dealkylation sites (N-methyl/N-ethyl adjacent to an activating group) is 1. The summed E-state index contributed by atoms with van der Waals surface area (Å²) in [7, 11) is 1.57. The molecule has 0 fully saturated rings. The summed E-state index contributed by atoms with van der Waals surface area (Å²) in [5.41, 5.74) is 0. The number of unbranched alkanes of at least 4 members (excludes halogenated alkanes) is 13. The number of allylic oxidation sites excluding steroid dienone is 10. The maximum absolute atomic E-state index is 12.6. The van der Waals surface area contributed by atoms with E-state index in [1.54, 1.807) is 12.3 Å². The molecule has 0 saturated heterocycles. The molecule has 3 atom stereocenters. The number of carbonyl (C=O) groups is 1. The lowest BCUT2D eigenvalue weighted by atomic mass is 10.0. The van der Waals surface area contributed by atoms with Gasteiger partial charge in [-0.2, -0.15) is 0 Å². The van der Waals surface area contributed by atoms with Crippen molar-refractivity contribution in [2.45, 2.75) is 154 Å². The maximum atomic E-state index is 12.6. The summed E-state index contributed by atoms with van der Waals surface area (Å²) in [5.74, 6) is -0.407. The Bertz CT molecular complexity index is 1110. The number of phosphoric ester groups is 1. The number of hydrogen-bond donors (Lipinski definition) is 2. The second kappa shape index (κ2) is 36.4. The van der Waals surface area contributed by atoms with Gasteiger partial charge in [0.25, 0.3) is 0 Å².